The van der Waals surface area contributed by atoms with Gasteiger partial charge in [0.05, 0.1) is 0 Å². The van der Waals surface area contributed by atoms with Gasteiger partial charge in [0.25, 0.3) is 0 Å². The van der Waals surface area contributed by atoms with E-state index in [1.54, 1.807) is 0 Å². The van der Waals surface area contributed by atoms with Gasteiger partial charge >= 0.3 is 221 Å². The zero-order valence-electron chi connectivity index (χ0n) is 19.5. The molecule has 0 bridgehead atoms. The summed E-state index contributed by atoms with van der Waals surface area (Å²) in [6, 6.07) is 30.2. The van der Waals surface area contributed by atoms with Crippen LogP contribution in [0.1, 0.15) is 10.4 Å². The van der Waals surface area contributed by atoms with Crippen LogP contribution in [-0.2, 0) is 0 Å². The third kappa shape index (κ3) is 2.93. The minimum absolute atomic E-state index is 0.0716. The van der Waals surface area contributed by atoms with E-state index in [0.29, 0.717) is 21.6 Å². The first-order valence-corrected chi connectivity index (χ1v) is 14.5. The summed E-state index contributed by atoms with van der Waals surface area (Å²) in [7, 11) is 0. The van der Waals surface area contributed by atoms with Crippen molar-refractivity contribution in [1.29, 1.82) is 0 Å². The van der Waals surface area contributed by atoms with E-state index in [1.165, 1.54) is 0 Å². The summed E-state index contributed by atoms with van der Waals surface area (Å²) in [4.78, 5) is 27.1. The van der Waals surface area contributed by atoms with Crippen molar-refractivity contribution in [2.45, 2.75) is 0 Å². The number of rotatable bonds is 1. The van der Waals surface area contributed by atoms with Crippen molar-refractivity contribution in [3.05, 3.63) is 117 Å². The molecule has 0 spiro atoms. The Kier molecular flexibility index (Phi) is 4.40. The second-order valence-electron chi connectivity index (χ2n) is 9.39. The number of carbonyl (C=O) groups is 1. The van der Waals surface area contributed by atoms with Crippen LogP contribution in [0.15, 0.2) is 100 Å². The van der Waals surface area contributed by atoms with E-state index in [1.807, 2.05) is 72.8 Å². The van der Waals surface area contributed by atoms with Gasteiger partial charge < -0.3 is 0 Å². The third-order valence-corrected chi connectivity index (χ3v) is 10.7. The van der Waals surface area contributed by atoms with Gasteiger partial charge in [0.1, 0.15) is 0 Å². The summed E-state index contributed by atoms with van der Waals surface area (Å²) < 4.78 is 11.0. The van der Waals surface area contributed by atoms with Gasteiger partial charge in [0, 0.05) is 0 Å². The van der Waals surface area contributed by atoms with Gasteiger partial charge in [-0.25, -0.2) is 0 Å². The third-order valence-electron chi connectivity index (χ3n) is 7.36. The van der Waals surface area contributed by atoms with E-state index in [0.717, 1.165) is 40.2 Å². The van der Waals surface area contributed by atoms with Crippen molar-refractivity contribution in [3.63, 3.8) is 0 Å². The Balaban J connectivity index is 1.47. The molecule has 0 saturated heterocycles. The molecule has 2 aromatic heterocycles. The van der Waals surface area contributed by atoms with E-state index in [2.05, 4.69) is 34.9 Å². The van der Waals surface area contributed by atoms with E-state index in [9.17, 15) is 9.59 Å². The molecular formula is C32H18NO3Te. The van der Waals surface area contributed by atoms with Crippen LogP contribution in [0.3, 0.4) is 0 Å². The van der Waals surface area contributed by atoms with Gasteiger partial charge in [-0.2, -0.15) is 0 Å². The summed E-state index contributed by atoms with van der Waals surface area (Å²) in [5, 5.41) is 3.31. The van der Waals surface area contributed by atoms with Crippen molar-refractivity contribution >= 4 is 78.3 Å². The molecule has 3 heterocycles. The summed E-state index contributed by atoms with van der Waals surface area (Å²) >= 11 is -0.741. The van der Waals surface area contributed by atoms with E-state index in [-0.39, 0.29) is 17.1 Å². The number of hydrogen-bond acceptors (Lipinski definition) is 3. The number of aromatic nitrogens is 1. The molecule has 1 unspecified atom stereocenters. The van der Waals surface area contributed by atoms with Crippen molar-refractivity contribution < 1.29 is 9.21 Å². The molecule has 0 fully saturated rings. The van der Waals surface area contributed by atoms with Gasteiger partial charge in [-0.1, -0.05) is 0 Å². The summed E-state index contributed by atoms with van der Waals surface area (Å²) in [6.45, 7) is 0. The number of Topliss-reactive ketones (excluding diaryl/α,β-unsaturated/α-hetero) is 1. The molecule has 0 N–H and O–H groups in total. The minimum atomic E-state index is -0.741. The molecule has 4 aromatic carbocycles. The van der Waals surface area contributed by atoms with E-state index >= 15 is 0 Å². The second-order valence-corrected chi connectivity index (χ2v) is 12.6. The van der Waals surface area contributed by atoms with Crippen LogP contribution in [0, 0.1) is 5.92 Å². The maximum absolute atomic E-state index is 13.8. The predicted octanol–water partition coefficient (Wildman–Crippen LogP) is 3.48. The molecule has 4 nitrogen and oxygen atoms in total. The number of nitrogens with zero attached hydrogens (tertiary/aromatic N) is 1. The number of para-hydroxylation sites is 3. The Morgan fingerprint density at radius 3 is 2.19 bits per heavy atom. The van der Waals surface area contributed by atoms with Gasteiger partial charge in [-0.3, -0.25) is 0 Å². The van der Waals surface area contributed by atoms with Gasteiger partial charge in [-0.05, 0) is 0 Å². The molecule has 1 aliphatic carbocycles. The zero-order valence-corrected chi connectivity index (χ0v) is 21.8. The van der Waals surface area contributed by atoms with Crippen LogP contribution in [0.2, 0.25) is 0 Å². The topological polar surface area (TPSA) is 52.2 Å². The molecule has 8 rings (SSSR count). The molecule has 0 amide bonds. The Labute approximate surface area is 220 Å². The summed E-state index contributed by atoms with van der Waals surface area (Å²) in [5.41, 5.74) is 4.76. The van der Waals surface area contributed by atoms with Gasteiger partial charge in [0.15, 0.2) is 0 Å². The van der Waals surface area contributed by atoms with Crippen molar-refractivity contribution in [2.75, 3.05) is 0 Å². The number of ketones is 1. The first kappa shape index (κ1) is 21.1. The van der Waals surface area contributed by atoms with Crippen LogP contribution in [0.25, 0.3) is 50.6 Å². The Hall–Kier alpha value is -4.04. The molecule has 0 saturated carbocycles. The average molecular weight is 592 g/mol. The van der Waals surface area contributed by atoms with Crippen LogP contribution in [0.4, 0.5) is 0 Å². The Morgan fingerprint density at radius 1 is 0.730 bits per heavy atom. The number of carbonyl (C=O) groups excluding carboxylic acids is 1. The Morgan fingerprint density at radius 2 is 1.41 bits per heavy atom. The molecular weight excluding hydrogens is 574 g/mol. The molecule has 1 radical (unpaired) electrons. The normalized spacial score (nSPS) is 16.1. The van der Waals surface area contributed by atoms with Crippen LogP contribution in [0.5, 0.6) is 0 Å². The fourth-order valence-electron chi connectivity index (χ4n) is 5.68. The monoisotopic (exact) mass is 594 g/mol. The molecule has 2 aliphatic rings. The second kappa shape index (κ2) is 7.73. The maximum atomic E-state index is 13.8. The number of fused-ring (bicyclic) bond motifs is 7. The zero-order chi connectivity index (χ0) is 24.7. The summed E-state index contributed by atoms with van der Waals surface area (Å²) in [5.74, 6) is -0.298. The van der Waals surface area contributed by atoms with Gasteiger partial charge in [-0.15, -0.1) is 0 Å². The van der Waals surface area contributed by atoms with Crippen molar-refractivity contribution in [1.82, 2.24) is 4.57 Å². The SMILES string of the molecule is O=C1c2ccccc2[Te]=C2C=c3oc4c(-n5c6ccccc6c6ccccc65)cccc4c(=O)c3=CC12. The molecule has 5 heteroatoms. The van der Waals surface area contributed by atoms with Crippen LogP contribution in [-0.4, -0.2) is 34.4 Å². The fraction of sp³-hybridized carbons (Fsp3) is 0.0312. The van der Waals surface area contributed by atoms with Gasteiger partial charge in [0.2, 0.25) is 0 Å². The molecule has 6 aromatic rings. The van der Waals surface area contributed by atoms with E-state index in [4.69, 9.17) is 4.42 Å². The van der Waals surface area contributed by atoms with Crippen molar-refractivity contribution in [3.8, 4) is 5.69 Å². The molecule has 1 atom stereocenters. The van der Waals surface area contributed by atoms with Crippen molar-refractivity contribution in [2.24, 2.45) is 5.92 Å². The number of benzene rings is 4. The van der Waals surface area contributed by atoms with E-state index < -0.39 is 20.5 Å². The number of hydrogen-bond donors (Lipinski definition) is 0. The quantitative estimate of drug-likeness (QED) is 0.275. The molecule has 175 valence electrons. The average Bonchev–Trinajstić information content (AvgIpc) is 3.27. The molecule has 37 heavy (non-hydrogen) atoms. The van der Waals surface area contributed by atoms with Crippen LogP contribution >= 0.6 is 0 Å². The first-order chi connectivity index (χ1) is 18.2. The standard InChI is InChI=1S/C32H18NO3Te/c34-30-20-10-3-6-15-28(20)37-29-17-27-22(16-23(29)30)31(35)21-11-7-14-26(32(21)36-27)33-24-12-4-1-8-18(24)19-9-2-5-13-25(19)33/h1-17,23H. The Bertz CT molecular complexity index is 2150. The molecule has 1 aliphatic heterocycles. The van der Waals surface area contributed by atoms with Crippen LogP contribution < -0.4 is 19.7 Å². The fourth-order valence-corrected chi connectivity index (χ4v) is 8.95. The first-order valence-electron chi connectivity index (χ1n) is 12.1. The summed E-state index contributed by atoms with van der Waals surface area (Å²) in [6.07, 6.45) is 3.81. The predicted molar refractivity (Wildman–Crippen MR) is 150 cm³/mol.